The minimum absolute atomic E-state index is 0.0519. The molecule has 0 atom stereocenters. The van der Waals surface area contributed by atoms with Crippen molar-refractivity contribution < 1.29 is 12.8 Å². The van der Waals surface area contributed by atoms with Crippen molar-refractivity contribution in [2.45, 2.75) is 31.1 Å². The highest BCUT2D eigenvalue weighted by molar-refractivity contribution is 7.89. The first kappa shape index (κ1) is 18.2. The Labute approximate surface area is 151 Å². The van der Waals surface area contributed by atoms with Crippen LogP contribution in [0, 0.1) is 5.82 Å². The molecule has 0 unspecified atom stereocenters. The molecule has 1 aromatic carbocycles. The number of piperazine rings is 1. The summed E-state index contributed by atoms with van der Waals surface area (Å²) in [7, 11) is -3.60. The summed E-state index contributed by atoms with van der Waals surface area (Å²) in [6.45, 7) is 8.10. The van der Waals surface area contributed by atoms with E-state index in [4.69, 9.17) is 0 Å². The van der Waals surface area contributed by atoms with Gasteiger partial charge in [-0.05, 0) is 24.3 Å². The molecule has 0 amide bonds. The second-order valence-corrected chi connectivity index (χ2v) is 9.88. The van der Waals surface area contributed by atoms with Gasteiger partial charge in [0.25, 0.3) is 0 Å². The van der Waals surface area contributed by atoms with Crippen molar-refractivity contribution in [1.82, 2.24) is 14.5 Å². The van der Waals surface area contributed by atoms with Crippen molar-refractivity contribution in [1.29, 1.82) is 0 Å². The zero-order chi connectivity index (χ0) is 18.2. The maximum atomic E-state index is 13.0. The fourth-order valence-electron chi connectivity index (χ4n) is 2.52. The molecule has 1 saturated heterocycles. The molecule has 1 aromatic heterocycles. The molecule has 2 heterocycles. The number of aromatic nitrogens is 2. The van der Waals surface area contributed by atoms with Gasteiger partial charge in [-0.15, -0.1) is 10.2 Å². The van der Waals surface area contributed by atoms with E-state index in [-0.39, 0.29) is 10.3 Å². The number of rotatable bonds is 3. The predicted molar refractivity (Wildman–Crippen MR) is 96.0 cm³/mol. The van der Waals surface area contributed by atoms with Gasteiger partial charge in [0.2, 0.25) is 15.2 Å². The fourth-order valence-corrected chi connectivity index (χ4v) is 4.90. The van der Waals surface area contributed by atoms with Crippen LogP contribution < -0.4 is 4.90 Å². The van der Waals surface area contributed by atoms with Crippen LogP contribution in [0.25, 0.3) is 0 Å². The molecule has 0 N–H and O–H groups in total. The Morgan fingerprint density at radius 2 is 1.64 bits per heavy atom. The summed E-state index contributed by atoms with van der Waals surface area (Å²) in [4.78, 5) is 2.18. The molecular weight excluding hydrogens is 363 g/mol. The molecule has 6 nitrogen and oxygen atoms in total. The van der Waals surface area contributed by atoms with Gasteiger partial charge in [0.15, 0.2) is 0 Å². The molecule has 0 spiro atoms. The molecule has 0 radical (unpaired) electrons. The van der Waals surface area contributed by atoms with Crippen molar-refractivity contribution >= 4 is 26.5 Å². The second-order valence-electron chi connectivity index (χ2n) is 6.98. The van der Waals surface area contributed by atoms with E-state index in [1.165, 1.54) is 28.6 Å². The number of anilines is 1. The lowest BCUT2D eigenvalue weighted by molar-refractivity contribution is 0.384. The monoisotopic (exact) mass is 384 g/mol. The highest BCUT2D eigenvalue weighted by Crippen LogP contribution is 2.30. The molecule has 0 saturated carbocycles. The van der Waals surface area contributed by atoms with E-state index < -0.39 is 15.8 Å². The average Bonchev–Trinajstić information content (AvgIpc) is 3.06. The first-order valence-corrected chi connectivity index (χ1v) is 10.3. The topological polar surface area (TPSA) is 66.4 Å². The Kier molecular flexibility index (Phi) is 4.82. The van der Waals surface area contributed by atoms with E-state index in [1.54, 1.807) is 11.3 Å². The van der Waals surface area contributed by atoms with E-state index >= 15 is 0 Å². The fraction of sp³-hybridized carbons (Fsp3) is 0.500. The third kappa shape index (κ3) is 3.83. The van der Waals surface area contributed by atoms with Gasteiger partial charge in [-0.25, -0.2) is 12.8 Å². The smallest absolute Gasteiger partial charge is 0.243 e. The number of sulfonamides is 1. The van der Waals surface area contributed by atoms with Gasteiger partial charge in [0, 0.05) is 31.6 Å². The normalized spacial score (nSPS) is 17.0. The molecule has 0 aliphatic carbocycles. The summed E-state index contributed by atoms with van der Waals surface area (Å²) in [5, 5.41) is 10.3. The lowest BCUT2D eigenvalue weighted by atomic mass is 9.98. The third-order valence-corrected chi connectivity index (χ3v) is 7.34. The summed E-state index contributed by atoms with van der Waals surface area (Å²) < 4.78 is 39.7. The van der Waals surface area contributed by atoms with Crippen molar-refractivity contribution in [3.8, 4) is 0 Å². The maximum Gasteiger partial charge on any atom is 0.243 e. The van der Waals surface area contributed by atoms with Crippen molar-refractivity contribution in [3.63, 3.8) is 0 Å². The molecule has 1 aliphatic heterocycles. The Balaban J connectivity index is 1.69. The molecule has 3 rings (SSSR count). The summed E-state index contributed by atoms with van der Waals surface area (Å²) in [6, 6.07) is 4.94. The van der Waals surface area contributed by atoms with Crippen molar-refractivity contribution in [2.75, 3.05) is 31.1 Å². The highest BCUT2D eigenvalue weighted by Gasteiger charge is 2.30. The van der Waals surface area contributed by atoms with Gasteiger partial charge < -0.3 is 4.90 Å². The lowest BCUT2D eigenvalue weighted by Crippen LogP contribution is -2.48. The Bertz CT molecular complexity index is 836. The van der Waals surface area contributed by atoms with Crippen LogP contribution in [0.1, 0.15) is 25.8 Å². The maximum absolute atomic E-state index is 13.0. The van der Waals surface area contributed by atoms with Crippen molar-refractivity contribution in [3.05, 3.63) is 35.1 Å². The summed E-state index contributed by atoms with van der Waals surface area (Å²) in [5.41, 5.74) is -0.0519. The summed E-state index contributed by atoms with van der Waals surface area (Å²) in [6.07, 6.45) is 0. The Hall–Kier alpha value is -1.58. The molecule has 25 heavy (non-hydrogen) atoms. The van der Waals surface area contributed by atoms with E-state index in [0.717, 1.165) is 10.1 Å². The van der Waals surface area contributed by atoms with Gasteiger partial charge in [0.1, 0.15) is 10.8 Å². The first-order chi connectivity index (χ1) is 11.7. The minimum atomic E-state index is -3.60. The molecule has 2 aromatic rings. The van der Waals surface area contributed by atoms with Crippen molar-refractivity contribution in [2.24, 2.45) is 0 Å². The van der Waals surface area contributed by atoms with Crippen LogP contribution in [0.4, 0.5) is 9.52 Å². The molecule has 1 aliphatic rings. The molecule has 9 heteroatoms. The number of nitrogens with zero attached hydrogens (tertiary/aromatic N) is 4. The predicted octanol–water partition coefficient (Wildman–Crippen LogP) is 2.49. The van der Waals surface area contributed by atoms with Crippen LogP contribution in [-0.4, -0.2) is 49.1 Å². The summed E-state index contributed by atoms with van der Waals surface area (Å²) >= 11 is 1.55. The van der Waals surface area contributed by atoms with Crippen LogP contribution >= 0.6 is 11.3 Å². The Morgan fingerprint density at radius 1 is 1.04 bits per heavy atom. The first-order valence-electron chi connectivity index (χ1n) is 8.02. The zero-order valence-electron chi connectivity index (χ0n) is 14.4. The van der Waals surface area contributed by atoms with E-state index in [1.807, 2.05) is 0 Å². The van der Waals surface area contributed by atoms with Crippen LogP contribution in [0.2, 0.25) is 0 Å². The highest BCUT2D eigenvalue weighted by atomic mass is 32.2. The molecule has 1 fully saturated rings. The third-order valence-electron chi connectivity index (χ3n) is 4.02. The van der Waals surface area contributed by atoms with Crippen LogP contribution in [0.5, 0.6) is 0 Å². The molecule has 136 valence electrons. The SMILES string of the molecule is CC(C)(C)c1nnc(N2CCN(S(=O)(=O)c3ccc(F)cc3)CC2)s1. The van der Waals surface area contributed by atoms with Crippen LogP contribution in [0.15, 0.2) is 29.2 Å². The van der Waals surface area contributed by atoms with Gasteiger partial charge in [-0.2, -0.15) is 4.31 Å². The van der Waals surface area contributed by atoms with Gasteiger partial charge in [0.05, 0.1) is 4.90 Å². The number of benzene rings is 1. The second kappa shape index (κ2) is 6.62. The van der Waals surface area contributed by atoms with E-state index in [9.17, 15) is 12.8 Å². The standard InChI is InChI=1S/C16H21FN4O2S2/c1-16(2,3)14-18-19-15(24-14)20-8-10-21(11-9-20)25(22,23)13-6-4-12(17)5-7-13/h4-7H,8-11H2,1-3H3. The lowest BCUT2D eigenvalue weighted by Gasteiger charge is -2.33. The quantitative estimate of drug-likeness (QED) is 0.813. The van der Waals surface area contributed by atoms with Gasteiger partial charge in [-0.3, -0.25) is 0 Å². The molecular formula is C16H21FN4O2S2. The van der Waals surface area contributed by atoms with Crippen LogP contribution in [-0.2, 0) is 15.4 Å². The number of halogens is 1. The van der Waals surface area contributed by atoms with E-state index in [0.29, 0.717) is 26.2 Å². The van der Waals surface area contributed by atoms with Gasteiger partial charge >= 0.3 is 0 Å². The van der Waals surface area contributed by atoms with E-state index in [2.05, 4.69) is 35.9 Å². The zero-order valence-corrected chi connectivity index (χ0v) is 16.1. The Morgan fingerprint density at radius 3 is 2.16 bits per heavy atom. The average molecular weight is 385 g/mol. The largest absolute Gasteiger partial charge is 0.344 e. The number of hydrogen-bond donors (Lipinski definition) is 0. The minimum Gasteiger partial charge on any atom is -0.344 e. The van der Waals surface area contributed by atoms with Crippen LogP contribution in [0.3, 0.4) is 0 Å². The summed E-state index contributed by atoms with van der Waals surface area (Å²) in [5.74, 6) is -0.449. The molecule has 0 bridgehead atoms. The van der Waals surface area contributed by atoms with Gasteiger partial charge in [-0.1, -0.05) is 32.1 Å². The number of hydrogen-bond acceptors (Lipinski definition) is 6.